The van der Waals surface area contributed by atoms with Crippen LogP contribution in [0.25, 0.3) is 17.4 Å². The number of furan rings is 1. The normalized spacial score (nSPS) is 16.7. The summed E-state index contributed by atoms with van der Waals surface area (Å²) in [7, 11) is -3.83. The van der Waals surface area contributed by atoms with Crippen molar-refractivity contribution in [1.82, 2.24) is 4.90 Å². The van der Waals surface area contributed by atoms with E-state index in [1.165, 1.54) is 30.3 Å². The van der Waals surface area contributed by atoms with E-state index in [-0.39, 0.29) is 19.9 Å². The summed E-state index contributed by atoms with van der Waals surface area (Å²) in [5.74, 6) is -2.95. The Bertz CT molecular complexity index is 1210. The number of benzene rings is 1. The number of amides is 1. The maximum atomic E-state index is 12.6. The van der Waals surface area contributed by atoms with Gasteiger partial charge in [0, 0.05) is 11.6 Å². The molecule has 1 atom stereocenters. The molecule has 1 aliphatic rings. The molecule has 3 rings (SSSR count). The molecule has 2 heterocycles. The van der Waals surface area contributed by atoms with Crippen LogP contribution in [-0.4, -0.2) is 51.7 Å². The van der Waals surface area contributed by atoms with Crippen LogP contribution in [0.3, 0.4) is 0 Å². The highest BCUT2D eigenvalue weighted by Crippen LogP contribution is 2.35. The van der Waals surface area contributed by atoms with Crippen LogP contribution in [0, 0.1) is 0 Å². The van der Waals surface area contributed by atoms with E-state index in [9.17, 15) is 27.9 Å². The molecule has 1 aliphatic heterocycles. The first-order chi connectivity index (χ1) is 14.5. The fourth-order valence-corrected chi connectivity index (χ4v) is 4.58. The number of carboxylic acids is 2. The molecular formula is C18H14N2O8S3. The van der Waals surface area contributed by atoms with Gasteiger partial charge < -0.3 is 14.6 Å². The summed E-state index contributed by atoms with van der Waals surface area (Å²) < 4.78 is 28.3. The van der Waals surface area contributed by atoms with Gasteiger partial charge in [0.1, 0.15) is 21.9 Å². The Balaban J connectivity index is 1.84. The number of aliphatic carboxylic acids is 2. The largest absolute Gasteiger partial charge is 0.481 e. The minimum atomic E-state index is -3.83. The molecule has 1 saturated heterocycles. The molecule has 1 aromatic carbocycles. The number of hydrogen-bond acceptors (Lipinski definition) is 8. The third-order valence-electron chi connectivity index (χ3n) is 4.16. The summed E-state index contributed by atoms with van der Waals surface area (Å²) in [6, 6.07) is 7.19. The number of thioether (sulfide) groups is 1. The minimum absolute atomic E-state index is 0.0546. The second-order valence-corrected chi connectivity index (χ2v) is 9.51. The van der Waals surface area contributed by atoms with Crippen molar-refractivity contribution >= 4 is 62.2 Å². The first-order valence-electron chi connectivity index (χ1n) is 8.42. The van der Waals surface area contributed by atoms with Crippen molar-refractivity contribution in [2.75, 3.05) is 0 Å². The summed E-state index contributed by atoms with van der Waals surface area (Å²) in [4.78, 5) is 35.8. The molecule has 0 unspecified atom stereocenters. The second kappa shape index (κ2) is 8.63. The zero-order valence-electron chi connectivity index (χ0n) is 15.4. The molecule has 1 aromatic heterocycles. The highest BCUT2D eigenvalue weighted by molar-refractivity contribution is 8.26. The van der Waals surface area contributed by atoms with Crippen LogP contribution >= 0.6 is 24.0 Å². The Labute approximate surface area is 185 Å². The highest BCUT2D eigenvalue weighted by atomic mass is 32.2. The van der Waals surface area contributed by atoms with Crippen molar-refractivity contribution in [3.05, 3.63) is 47.1 Å². The second-order valence-electron chi connectivity index (χ2n) is 6.28. The van der Waals surface area contributed by atoms with Gasteiger partial charge in [-0.25, -0.2) is 18.4 Å². The average Bonchev–Trinajstić information content (AvgIpc) is 3.24. The van der Waals surface area contributed by atoms with Gasteiger partial charge >= 0.3 is 11.9 Å². The number of thiocarbonyl (C=S) groups is 1. The third-order valence-corrected chi connectivity index (χ3v) is 6.42. The number of primary sulfonamides is 1. The molecule has 31 heavy (non-hydrogen) atoms. The summed E-state index contributed by atoms with van der Waals surface area (Å²) in [6.07, 6.45) is 0.565. The van der Waals surface area contributed by atoms with Crippen molar-refractivity contribution in [2.24, 2.45) is 5.14 Å². The molecule has 10 nitrogen and oxygen atoms in total. The van der Waals surface area contributed by atoms with E-state index >= 15 is 0 Å². The van der Waals surface area contributed by atoms with Crippen LogP contribution < -0.4 is 5.14 Å². The molecule has 0 bridgehead atoms. The lowest BCUT2D eigenvalue weighted by atomic mass is 10.2. The lowest BCUT2D eigenvalue weighted by Crippen LogP contribution is -2.45. The summed E-state index contributed by atoms with van der Waals surface area (Å²) in [5, 5.41) is 23.3. The smallest absolute Gasteiger partial charge is 0.327 e. The third kappa shape index (κ3) is 5.02. The minimum Gasteiger partial charge on any atom is -0.481 e. The molecule has 0 spiro atoms. The predicted molar refractivity (Wildman–Crippen MR) is 114 cm³/mol. The van der Waals surface area contributed by atoms with E-state index in [0.717, 1.165) is 16.7 Å². The Hall–Kier alpha value is -3.00. The number of carbonyl (C=O) groups excluding carboxylic acids is 1. The van der Waals surface area contributed by atoms with Crippen LogP contribution in [0.5, 0.6) is 0 Å². The predicted octanol–water partition coefficient (Wildman–Crippen LogP) is 1.72. The highest BCUT2D eigenvalue weighted by Gasteiger charge is 2.41. The molecule has 1 fully saturated rings. The Morgan fingerprint density at radius 1 is 1.19 bits per heavy atom. The van der Waals surface area contributed by atoms with Gasteiger partial charge in [-0.1, -0.05) is 24.0 Å². The molecule has 0 saturated carbocycles. The van der Waals surface area contributed by atoms with E-state index in [4.69, 9.17) is 26.9 Å². The quantitative estimate of drug-likeness (QED) is 0.390. The molecule has 162 valence electrons. The Kier molecular flexibility index (Phi) is 6.31. The van der Waals surface area contributed by atoms with Gasteiger partial charge in [0.15, 0.2) is 0 Å². The number of carbonyl (C=O) groups is 3. The van der Waals surface area contributed by atoms with Gasteiger partial charge in [0.25, 0.3) is 5.91 Å². The molecule has 0 aliphatic carbocycles. The summed E-state index contributed by atoms with van der Waals surface area (Å²) >= 11 is 5.90. The van der Waals surface area contributed by atoms with E-state index in [0.29, 0.717) is 11.3 Å². The SMILES string of the molecule is NS(=O)(=O)c1ccc(-c2ccc(/C=C3\SC(=S)N([C@H](CC(=O)O)C(=O)O)C3=O)o2)cc1. The van der Waals surface area contributed by atoms with E-state index in [2.05, 4.69) is 0 Å². The number of nitrogens with zero attached hydrogens (tertiary/aromatic N) is 1. The maximum Gasteiger partial charge on any atom is 0.327 e. The average molecular weight is 483 g/mol. The van der Waals surface area contributed by atoms with E-state index in [1.807, 2.05) is 0 Å². The zero-order valence-corrected chi connectivity index (χ0v) is 17.9. The fourth-order valence-electron chi connectivity index (χ4n) is 2.73. The van der Waals surface area contributed by atoms with Gasteiger partial charge in [-0.2, -0.15) is 0 Å². The molecule has 13 heteroatoms. The van der Waals surface area contributed by atoms with Crippen LogP contribution in [0.1, 0.15) is 12.2 Å². The van der Waals surface area contributed by atoms with Gasteiger partial charge in [0.05, 0.1) is 16.2 Å². The van der Waals surface area contributed by atoms with Gasteiger partial charge in [-0.3, -0.25) is 14.5 Å². The van der Waals surface area contributed by atoms with Crippen molar-refractivity contribution in [3.8, 4) is 11.3 Å². The van der Waals surface area contributed by atoms with E-state index < -0.39 is 40.3 Å². The van der Waals surface area contributed by atoms with Gasteiger partial charge in [-0.15, -0.1) is 0 Å². The monoisotopic (exact) mass is 482 g/mol. The number of sulfonamides is 1. The van der Waals surface area contributed by atoms with E-state index in [1.54, 1.807) is 12.1 Å². The Morgan fingerprint density at radius 2 is 1.84 bits per heavy atom. The van der Waals surface area contributed by atoms with Crippen LogP contribution in [-0.2, 0) is 24.4 Å². The molecule has 4 N–H and O–H groups in total. The molecule has 1 amide bonds. The molecule has 2 aromatic rings. The number of rotatable bonds is 7. The van der Waals surface area contributed by atoms with Crippen LogP contribution in [0.2, 0.25) is 0 Å². The van der Waals surface area contributed by atoms with Crippen molar-refractivity contribution in [3.63, 3.8) is 0 Å². The standard InChI is InChI=1S/C18H14N2O8S3/c19-31(26,27)11-4-1-9(2-5-11)13-6-3-10(28-13)7-14-16(23)20(18(29)30-14)12(17(24)25)8-15(21)22/h1-7,12H,8H2,(H,21,22)(H,24,25)(H2,19,26,27)/b14-7-/t12-/m1/s1. The summed E-state index contributed by atoms with van der Waals surface area (Å²) in [5.41, 5.74) is 0.562. The number of nitrogens with two attached hydrogens (primary N) is 1. The molecular weight excluding hydrogens is 468 g/mol. The Morgan fingerprint density at radius 3 is 2.39 bits per heavy atom. The fraction of sp³-hybridized carbons (Fsp3) is 0.111. The maximum absolute atomic E-state index is 12.6. The first kappa shape index (κ1) is 22.7. The van der Waals surface area contributed by atoms with Crippen LogP contribution in [0.4, 0.5) is 0 Å². The lowest BCUT2D eigenvalue weighted by molar-refractivity contribution is -0.150. The first-order valence-corrected chi connectivity index (χ1v) is 11.2. The summed E-state index contributed by atoms with van der Waals surface area (Å²) in [6.45, 7) is 0. The van der Waals surface area contributed by atoms with Crippen LogP contribution in [0.15, 0.2) is 50.6 Å². The number of carboxylic acid groups (broad SMARTS) is 2. The van der Waals surface area contributed by atoms with Crippen molar-refractivity contribution in [1.29, 1.82) is 0 Å². The van der Waals surface area contributed by atoms with Gasteiger partial charge in [0.2, 0.25) is 10.0 Å². The van der Waals surface area contributed by atoms with Gasteiger partial charge in [-0.05, 0) is 36.4 Å². The number of hydrogen-bond donors (Lipinski definition) is 3. The van der Waals surface area contributed by atoms with Crippen molar-refractivity contribution in [2.45, 2.75) is 17.4 Å². The lowest BCUT2D eigenvalue weighted by Gasteiger charge is -2.21. The van der Waals surface area contributed by atoms with Crippen molar-refractivity contribution < 1.29 is 37.4 Å². The molecule has 0 radical (unpaired) electrons. The zero-order chi connectivity index (χ0) is 22.9. The topological polar surface area (TPSA) is 168 Å².